The zero-order chi connectivity index (χ0) is 18.2. The van der Waals surface area contributed by atoms with Crippen LogP contribution in [0, 0.1) is 0 Å². The van der Waals surface area contributed by atoms with Gasteiger partial charge in [-0.3, -0.25) is 4.98 Å². The van der Waals surface area contributed by atoms with Crippen LogP contribution in [0.1, 0.15) is 0 Å². The van der Waals surface area contributed by atoms with Crippen LogP contribution in [-0.2, 0) is 19.9 Å². The SMILES string of the molecule is NCCN([C@H]1CS(=O)(=O)C[C@@H]1O)S(=O)(=O)c1cccc2cccnc12. The molecule has 0 saturated carbocycles. The molecule has 0 spiro atoms. The number of nitrogens with zero attached hydrogens (tertiary/aromatic N) is 2. The average Bonchev–Trinajstić information content (AvgIpc) is 2.84. The Kier molecular flexibility index (Phi) is 4.82. The Balaban J connectivity index is 2.12. The van der Waals surface area contributed by atoms with Gasteiger partial charge in [0, 0.05) is 24.7 Å². The third-order valence-corrected chi connectivity index (χ3v) is 7.85. The second kappa shape index (κ2) is 6.61. The highest BCUT2D eigenvalue weighted by atomic mass is 32.2. The van der Waals surface area contributed by atoms with Gasteiger partial charge in [-0.2, -0.15) is 4.31 Å². The van der Waals surface area contributed by atoms with Gasteiger partial charge < -0.3 is 10.8 Å². The first-order valence-corrected chi connectivity index (χ1v) is 11.0. The van der Waals surface area contributed by atoms with Gasteiger partial charge in [0.2, 0.25) is 10.0 Å². The number of aliphatic hydroxyl groups excluding tert-OH is 1. The van der Waals surface area contributed by atoms with Crippen LogP contribution in [0.15, 0.2) is 41.4 Å². The average molecular weight is 385 g/mol. The molecule has 0 unspecified atom stereocenters. The lowest BCUT2D eigenvalue weighted by molar-refractivity contribution is 0.129. The third-order valence-electron chi connectivity index (χ3n) is 4.20. The van der Waals surface area contributed by atoms with Crippen molar-refractivity contribution in [3.8, 4) is 0 Å². The van der Waals surface area contributed by atoms with Gasteiger partial charge in [-0.25, -0.2) is 16.8 Å². The summed E-state index contributed by atoms with van der Waals surface area (Å²) in [4.78, 5) is 4.11. The molecule has 2 heterocycles. The molecular weight excluding hydrogens is 366 g/mol. The van der Waals surface area contributed by atoms with Gasteiger partial charge in [0.05, 0.1) is 29.2 Å². The summed E-state index contributed by atoms with van der Waals surface area (Å²) in [5.41, 5.74) is 5.84. The number of sulfonamides is 1. The van der Waals surface area contributed by atoms with Crippen molar-refractivity contribution < 1.29 is 21.9 Å². The molecule has 2 atom stereocenters. The van der Waals surface area contributed by atoms with Crippen LogP contribution in [-0.4, -0.2) is 68.0 Å². The Morgan fingerprint density at radius 1 is 1.24 bits per heavy atom. The summed E-state index contributed by atoms with van der Waals surface area (Å²) in [6.45, 7) is -0.0938. The molecule has 1 saturated heterocycles. The number of hydrogen-bond donors (Lipinski definition) is 2. The zero-order valence-electron chi connectivity index (χ0n) is 13.3. The van der Waals surface area contributed by atoms with E-state index in [1.165, 1.54) is 12.3 Å². The van der Waals surface area contributed by atoms with Crippen molar-refractivity contribution in [2.75, 3.05) is 24.6 Å². The van der Waals surface area contributed by atoms with E-state index in [-0.39, 0.29) is 18.0 Å². The number of rotatable bonds is 5. The number of hydrogen-bond acceptors (Lipinski definition) is 7. The normalized spacial score (nSPS) is 23.3. The lowest BCUT2D eigenvalue weighted by Crippen LogP contribution is -2.48. The van der Waals surface area contributed by atoms with Gasteiger partial charge in [-0.05, 0) is 12.1 Å². The van der Waals surface area contributed by atoms with Crippen LogP contribution in [0.2, 0.25) is 0 Å². The largest absolute Gasteiger partial charge is 0.390 e. The number of pyridine rings is 1. The molecule has 3 N–H and O–H groups in total. The summed E-state index contributed by atoms with van der Waals surface area (Å²) in [6.07, 6.45) is 0.206. The molecule has 2 aromatic rings. The lowest BCUT2D eigenvalue weighted by Gasteiger charge is -2.29. The standard InChI is InChI=1S/C15H19N3O5S2/c16-6-8-18(12-9-24(20,21)10-13(12)19)25(22,23)14-5-1-3-11-4-2-7-17-15(11)14/h1-5,7,12-13,19H,6,8-10,16H2/t12-,13-/m0/s1. The van der Waals surface area contributed by atoms with Gasteiger partial charge >= 0.3 is 0 Å². The minimum atomic E-state index is -4.09. The fourth-order valence-electron chi connectivity index (χ4n) is 3.09. The molecule has 1 aliphatic heterocycles. The fourth-order valence-corrected chi connectivity index (χ4v) is 6.82. The molecule has 8 nitrogen and oxygen atoms in total. The second-order valence-electron chi connectivity index (χ2n) is 5.95. The van der Waals surface area contributed by atoms with E-state index in [1.54, 1.807) is 24.3 Å². The van der Waals surface area contributed by atoms with Crippen LogP contribution < -0.4 is 5.73 Å². The molecule has 0 bridgehead atoms. The number of fused-ring (bicyclic) bond motifs is 1. The van der Waals surface area contributed by atoms with Crippen LogP contribution in [0.5, 0.6) is 0 Å². The number of aromatic nitrogens is 1. The Morgan fingerprint density at radius 2 is 1.96 bits per heavy atom. The van der Waals surface area contributed by atoms with E-state index in [2.05, 4.69) is 4.98 Å². The van der Waals surface area contributed by atoms with E-state index in [0.717, 1.165) is 4.31 Å². The number of nitrogens with two attached hydrogens (primary N) is 1. The Morgan fingerprint density at radius 3 is 2.60 bits per heavy atom. The monoisotopic (exact) mass is 385 g/mol. The van der Waals surface area contributed by atoms with Crippen molar-refractivity contribution in [1.29, 1.82) is 0 Å². The summed E-state index contributed by atoms with van der Waals surface area (Å²) in [5, 5.41) is 10.8. The Labute approximate surface area is 146 Å². The van der Waals surface area contributed by atoms with Crippen molar-refractivity contribution in [3.63, 3.8) is 0 Å². The highest BCUT2D eigenvalue weighted by Crippen LogP contribution is 2.28. The van der Waals surface area contributed by atoms with Crippen molar-refractivity contribution >= 4 is 30.8 Å². The smallest absolute Gasteiger partial charge is 0.245 e. The van der Waals surface area contributed by atoms with E-state index >= 15 is 0 Å². The summed E-state index contributed by atoms with van der Waals surface area (Å²) in [7, 11) is -7.60. The molecule has 0 aliphatic carbocycles. The maximum Gasteiger partial charge on any atom is 0.245 e. The summed E-state index contributed by atoms with van der Waals surface area (Å²) < 4.78 is 51.0. The van der Waals surface area contributed by atoms with Gasteiger partial charge in [-0.1, -0.05) is 18.2 Å². The van der Waals surface area contributed by atoms with E-state index in [4.69, 9.17) is 5.73 Å². The molecular formula is C15H19N3O5S2. The predicted molar refractivity (Wildman–Crippen MR) is 93.1 cm³/mol. The fraction of sp³-hybridized carbons (Fsp3) is 0.400. The molecule has 0 amide bonds. The maximum absolute atomic E-state index is 13.2. The molecule has 25 heavy (non-hydrogen) atoms. The van der Waals surface area contributed by atoms with Crippen molar-refractivity contribution in [2.45, 2.75) is 17.0 Å². The maximum atomic E-state index is 13.2. The number of para-hydroxylation sites is 1. The van der Waals surface area contributed by atoms with Gasteiger partial charge in [-0.15, -0.1) is 0 Å². The van der Waals surface area contributed by atoms with Crippen LogP contribution >= 0.6 is 0 Å². The number of sulfone groups is 1. The van der Waals surface area contributed by atoms with Crippen LogP contribution in [0.3, 0.4) is 0 Å². The van der Waals surface area contributed by atoms with Crippen molar-refractivity contribution in [1.82, 2.24) is 9.29 Å². The lowest BCUT2D eigenvalue weighted by atomic mass is 10.2. The quantitative estimate of drug-likeness (QED) is 0.699. The summed E-state index contributed by atoms with van der Waals surface area (Å²) in [6, 6.07) is 7.14. The molecule has 1 fully saturated rings. The Bertz CT molecular complexity index is 986. The first-order chi connectivity index (χ1) is 11.8. The van der Waals surface area contributed by atoms with Gasteiger partial charge in [0.1, 0.15) is 4.90 Å². The van der Waals surface area contributed by atoms with Gasteiger partial charge in [0.25, 0.3) is 0 Å². The highest BCUT2D eigenvalue weighted by molar-refractivity contribution is 7.92. The van der Waals surface area contributed by atoms with E-state index in [1.807, 2.05) is 0 Å². The molecule has 1 aromatic heterocycles. The molecule has 136 valence electrons. The predicted octanol–water partition coefficient (Wildman–Crippen LogP) is -0.658. The molecule has 1 aliphatic rings. The number of aliphatic hydroxyl groups is 1. The zero-order valence-corrected chi connectivity index (χ0v) is 14.9. The van der Waals surface area contributed by atoms with E-state index in [0.29, 0.717) is 10.9 Å². The molecule has 10 heteroatoms. The van der Waals surface area contributed by atoms with Gasteiger partial charge in [0.15, 0.2) is 9.84 Å². The third kappa shape index (κ3) is 3.40. The summed E-state index contributed by atoms with van der Waals surface area (Å²) >= 11 is 0. The minimum absolute atomic E-state index is 0.000687. The Hall–Kier alpha value is -1.59. The number of benzene rings is 1. The van der Waals surface area contributed by atoms with Crippen LogP contribution in [0.4, 0.5) is 0 Å². The molecule has 3 rings (SSSR count). The van der Waals surface area contributed by atoms with E-state index in [9.17, 15) is 21.9 Å². The molecule has 0 radical (unpaired) electrons. The summed E-state index contributed by atoms with van der Waals surface area (Å²) in [5.74, 6) is -0.881. The first-order valence-electron chi connectivity index (χ1n) is 7.70. The van der Waals surface area contributed by atoms with E-state index < -0.39 is 43.5 Å². The minimum Gasteiger partial charge on any atom is -0.390 e. The van der Waals surface area contributed by atoms with Crippen molar-refractivity contribution in [3.05, 3.63) is 36.5 Å². The second-order valence-corrected chi connectivity index (χ2v) is 9.96. The van der Waals surface area contributed by atoms with Crippen LogP contribution in [0.25, 0.3) is 10.9 Å². The topological polar surface area (TPSA) is 131 Å². The highest BCUT2D eigenvalue weighted by Gasteiger charge is 2.44. The molecule has 1 aromatic carbocycles. The van der Waals surface area contributed by atoms with Crippen molar-refractivity contribution in [2.24, 2.45) is 5.73 Å². The first kappa shape index (κ1) is 18.2.